The molecule has 0 aliphatic rings. The highest BCUT2D eigenvalue weighted by Crippen LogP contribution is 2.16. The number of benzene rings is 1. The number of rotatable bonds is 5. The molecule has 3 N–H and O–H groups in total. The molecule has 5 nitrogen and oxygen atoms in total. The van der Waals surface area contributed by atoms with E-state index in [4.69, 9.17) is 5.11 Å². The van der Waals surface area contributed by atoms with E-state index in [0.29, 0.717) is 13.1 Å². The van der Waals surface area contributed by atoms with E-state index in [9.17, 15) is 9.59 Å². The minimum Gasteiger partial charge on any atom is -0.478 e. The lowest BCUT2D eigenvalue weighted by Gasteiger charge is -2.18. The number of nitrogens with one attached hydrogen (secondary N) is 2. The van der Waals surface area contributed by atoms with E-state index in [1.165, 1.54) is 6.07 Å². The first-order chi connectivity index (χ1) is 9.28. The second kappa shape index (κ2) is 6.93. The fraction of sp³-hybridized carbons (Fsp3) is 0.467. The Kier molecular flexibility index (Phi) is 5.55. The molecule has 0 aliphatic carbocycles. The maximum absolute atomic E-state index is 11.6. The number of urea groups is 1. The van der Waals surface area contributed by atoms with Crippen molar-refractivity contribution in [2.24, 2.45) is 5.41 Å². The molecule has 0 radical (unpaired) electrons. The number of carbonyl (C=O) groups excluding carboxylic acids is 1. The molecule has 5 heteroatoms. The standard InChI is InChI=1S/C15H22N2O3/c1-15(2,3)7-8-16-14(20)17-10-11-5-4-6-12(9-11)13(18)19/h4-6,9H,7-8,10H2,1-3H3,(H,18,19)(H2,16,17,20). The summed E-state index contributed by atoms with van der Waals surface area (Å²) < 4.78 is 0. The maximum Gasteiger partial charge on any atom is 0.335 e. The number of hydrogen-bond donors (Lipinski definition) is 3. The predicted octanol–water partition coefficient (Wildman–Crippen LogP) is 2.62. The first kappa shape index (κ1) is 16.0. The summed E-state index contributed by atoms with van der Waals surface area (Å²) in [6.07, 6.45) is 0.898. The van der Waals surface area contributed by atoms with Crippen LogP contribution in [0.3, 0.4) is 0 Å². The highest BCUT2D eigenvalue weighted by Gasteiger charge is 2.10. The predicted molar refractivity (Wildman–Crippen MR) is 77.7 cm³/mol. The summed E-state index contributed by atoms with van der Waals surface area (Å²) in [5.41, 5.74) is 1.16. The average molecular weight is 278 g/mol. The summed E-state index contributed by atoms with van der Waals surface area (Å²) in [6, 6.07) is 6.28. The van der Waals surface area contributed by atoms with Crippen LogP contribution in [0.25, 0.3) is 0 Å². The molecule has 0 spiro atoms. The molecular weight excluding hydrogens is 256 g/mol. The second-order valence-electron chi connectivity index (χ2n) is 5.93. The van der Waals surface area contributed by atoms with Crippen LogP contribution in [0.4, 0.5) is 4.79 Å². The van der Waals surface area contributed by atoms with Crippen LogP contribution in [0.1, 0.15) is 43.1 Å². The molecule has 20 heavy (non-hydrogen) atoms. The Bertz CT molecular complexity index is 478. The minimum atomic E-state index is -0.971. The number of hydrogen-bond acceptors (Lipinski definition) is 2. The number of carboxylic acids is 1. The molecule has 1 aromatic carbocycles. The molecule has 110 valence electrons. The van der Waals surface area contributed by atoms with Crippen molar-refractivity contribution in [2.45, 2.75) is 33.7 Å². The van der Waals surface area contributed by atoms with Gasteiger partial charge in [-0.15, -0.1) is 0 Å². The lowest BCUT2D eigenvalue weighted by molar-refractivity contribution is 0.0696. The van der Waals surface area contributed by atoms with Gasteiger partial charge in [0, 0.05) is 13.1 Å². The van der Waals surface area contributed by atoms with Gasteiger partial charge in [-0.3, -0.25) is 0 Å². The molecule has 1 aromatic rings. The fourth-order valence-corrected chi connectivity index (χ4v) is 1.61. The van der Waals surface area contributed by atoms with Crippen molar-refractivity contribution in [2.75, 3.05) is 6.54 Å². The van der Waals surface area contributed by atoms with Crippen molar-refractivity contribution in [3.63, 3.8) is 0 Å². The van der Waals surface area contributed by atoms with Crippen molar-refractivity contribution in [1.29, 1.82) is 0 Å². The summed E-state index contributed by atoms with van der Waals surface area (Å²) in [4.78, 5) is 22.4. The Hall–Kier alpha value is -2.04. The van der Waals surface area contributed by atoms with Crippen LogP contribution >= 0.6 is 0 Å². The summed E-state index contributed by atoms with van der Waals surface area (Å²) in [6.45, 7) is 7.27. The van der Waals surface area contributed by atoms with E-state index in [1.807, 2.05) is 0 Å². The molecule has 0 bridgehead atoms. The first-order valence-corrected chi connectivity index (χ1v) is 6.62. The van der Waals surface area contributed by atoms with Gasteiger partial charge in [-0.1, -0.05) is 32.9 Å². The third kappa shape index (κ3) is 6.22. The second-order valence-corrected chi connectivity index (χ2v) is 5.93. The highest BCUT2D eigenvalue weighted by atomic mass is 16.4. The molecule has 0 aromatic heterocycles. The Labute approximate surface area is 119 Å². The molecule has 0 unspecified atom stereocenters. The third-order valence-corrected chi connectivity index (χ3v) is 2.79. The molecule has 0 saturated carbocycles. The number of aromatic carboxylic acids is 1. The number of carbonyl (C=O) groups is 2. The van der Waals surface area contributed by atoms with E-state index < -0.39 is 5.97 Å². The zero-order valence-corrected chi connectivity index (χ0v) is 12.2. The Morgan fingerprint density at radius 3 is 2.50 bits per heavy atom. The van der Waals surface area contributed by atoms with E-state index in [0.717, 1.165) is 12.0 Å². The van der Waals surface area contributed by atoms with Crippen LogP contribution < -0.4 is 10.6 Å². The lowest BCUT2D eigenvalue weighted by Crippen LogP contribution is -2.36. The molecule has 1 rings (SSSR count). The van der Waals surface area contributed by atoms with Gasteiger partial charge in [-0.25, -0.2) is 9.59 Å². The topological polar surface area (TPSA) is 78.4 Å². The normalized spacial score (nSPS) is 10.9. The Balaban J connectivity index is 2.37. The highest BCUT2D eigenvalue weighted by molar-refractivity contribution is 5.87. The summed E-state index contributed by atoms with van der Waals surface area (Å²) in [5, 5.41) is 14.4. The zero-order chi connectivity index (χ0) is 15.2. The van der Waals surface area contributed by atoms with Crippen LogP contribution in [0.5, 0.6) is 0 Å². The largest absolute Gasteiger partial charge is 0.478 e. The first-order valence-electron chi connectivity index (χ1n) is 6.62. The van der Waals surface area contributed by atoms with Gasteiger partial charge in [0.25, 0.3) is 0 Å². The molecule has 0 aliphatic heterocycles. The van der Waals surface area contributed by atoms with E-state index in [1.54, 1.807) is 18.2 Å². The summed E-state index contributed by atoms with van der Waals surface area (Å²) in [7, 11) is 0. The van der Waals surface area contributed by atoms with Gasteiger partial charge in [0.2, 0.25) is 0 Å². The SMILES string of the molecule is CC(C)(C)CCNC(=O)NCc1cccc(C(=O)O)c1. The van der Waals surface area contributed by atoms with Gasteiger partial charge in [0.15, 0.2) is 0 Å². The van der Waals surface area contributed by atoms with Crippen LogP contribution in [-0.2, 0) is 6.54 Å². The molecular formula is C15H22N2O3. The average Bonchev–Trinajstić information content (AvgIpc) is 2.35. The molecule has 0 fully saturated rings. The minimum absolute atomic E-state index is 0.184. The molecule has 0 saturated heterocycles. The van der Waals surface area contributed by atoms with Crippen LogP contribution in [0, 0.1) is 5.41 Å². The van der Waals surface area contributed by atoms with Crippen molar-refractivity contribution in [3.05, 3.63) is 35.4 Å². The smallest absolute Gasteiger partial charge is 0.335 e. The van der Waals surface area contributed by atoms with Gasteiger partial charge in [0.1, 0.15) is 0 Å². The van der Waals surface area contributed by atoms with E-state index >= 15 is 0 Å². The van der Waals surface area contributed by atoms with Crippen LogP contribution in [0.2, 0.25) is 0 Å². The molecule has 0 atom stereocenters. The van der Waals surface area contributed by atoms with Crippen LogP contribution in [-0.4, -0.2) is 23.7 Å². The van der Waals surface area contributed by atoms with E-state index in [-0.39, 0.29) is 17.0 Å². The van der Waals surface area contributed by atoms with Gasteiger partial charge in [-0.05, 0) is 29.5 Å². The quantitative estimate of drug-likeness (QED) is 0.774. The molecule has 2 amide bonds. The van der Waals surface area contributed by atoms with Gasteiger partial charge in [0.05, 0.1) is 5.56 Å². The third-order valence-electron chi connectivity index (χ3n) is 2.79. The summed E-state index contributed by atoms with van der Waals surface area (Å²) in [5.74, 6) is -0.971. The Morgan fingerprint density at radius 1 is 1.20 bits per heavy atom. The van der Waals surface area contributed by atoms with Gasteiger partial charge in [-0.2, -0.15) is 0 Å². The monoisotopic (exact) mass is 278 g/mol. The van der Waals surface area contributed by atoms with Crippen molar-refractivity contribution in [3.8, 4) is 0 Å². The fourth-order valence-electron chi connectivity index (χ4n) is 1.61. The maximum atomic E-state index is 11.6. The Morgan fingerprint density at radius 2 is 1.90 bits per heavy atom. The van der Waals surface area contributed by atoms with Crippen molar-refractivity contribution < 1.29 is 14.7 Å². The van der Waals surface area contributed by atoms with E-state index in [2.05, 4.69) is 31.4 Å². The molecule has 0 heterocycles. The number of amides is 2. The van der Waals surface area contributed by atoms with Gasteiger partial charge < -0.3 is 15.7 Å². The van der Waals surface area contributed by atoms with Crippen LogP contribution in [0.15, 0.2) is 24.3 Å². The van der Waals surface area contributed by atoms with Gasteiger partial charge >= 0.3 is 12.0 Å². The summed E-state index contributed by atoms with van der Waals surface area (Å²) >= 11 is 0. The van der Waals surface area contributed by atoms with Crippen molar-refractivity contribution >= 4 is 12.0 Å². The number of carboxylic acid groups (broad SMARTS) is 1. The zero-order valence-electron chi connectivity index (χ0n) is 12.2. The lowest BCUT2D eigenvalue weighted by atomic mass is 9.92. The van der Waals surface area contributed by atoms with Crippen molar-refractivity contribution in [1.82, 2.24) is 10.6 Å².